The molecule has 4 rings (SSSR count). The molecule has 1 unspecified atom stereocenters. The highest BCUT2D eigenvalue weighted by atomic mass is 35.5. The van der Waals surface area contributed by atoms with Crippen molar-refractivity contribution in [3.05, 3.63) is 24.3 Å². The van der Waals surface area contributed by atoms with Gasteiger partial charge >= 0.3 is 0 Å². The van der Waals surface area contributed by atoms with E-state index in [1.54, 1.807) is 0 Å². The molecule has 134 valence electrons. The molecule has 25 heavy (non-hydrogen) atoms. The van der Waals surface area contributed by atoms with Gasteiger partial charge in [-0.1, -0.05) is 12.1 Å². The predicted octanol–water partition coefficient (Wildman–Crippen LogP) is 2.42. The molecule has 8 heteroatoms. The molecule has 1 saturated carbocycles. The van der Waals surface area contributed by atoms with Gasteiger partial charge in [0.05, 0.1) is 6.04 Å². The molecular formula is C17H23ClN6O. The standard InChI is InChI=1S/C17H22N6O.ClH/c24-16(7-4-12-8-9-18-11-12)19-14-3-1-2-13(10-14)17-20-21-22-23(17)15-5-6-15;/h1-3,10,12,15,18H,4-9,11H2,(H,19,24);1H. The molecule has 0 bridgehead atoms. The van der Waals surface area contributed by atoms with Crippen molar-refractivity contribution >= 4 is 24.0 Å². The molecule has 1 aliphatic carbocycles. The summed E-state index contributed by atoms with van der Waals surface area (Å²) in [6.45, 7) is 2.11. The van der Waals surface area contributed by atoms with Gasteiger partial charge in [-0.15, -0.1) is 17.5 Å². The predicted molar refractivity (Wildman–Crippen MR) is 97.6 cm³/mol. The quantitative estimate of drug-likeness (QED) is 0.824. The summed E-state index contributed by atoms with van der Waals surface area (Å²) in [5.74, 6) is 1.47. The number of benzene rings is 1. The maximum Gasteiger partial charge on any atom is 0.224 e. The van der Waals surface area contributed by atoms with Crippen LogP contribution in [0.1, 0.15) is 38.1 Å². The lowest BCUT2D eigenvalue weighted by molar-refractivity contribution is -0.116. The zero-order valence-electron chi connectivity index (χ0n) is 14.0. The number of aromatic nitrogens is 4. The molecule has 0 radical (unpaired) electrons. The van der Waals surface area contributed by atoms with Gasteiger partial charge in [0, 0.05) is 17.7 Å². The molecule has 2 heterocycles. The highest BCUT2D eigenvalue weighted by Gasteiger charge is 2.28. The van der Waals surface area contributed by atoms with E-state index in [1.807, 2.05) is 28.9 Å². The number of hydrogen-bond acceptors (Lipinski definition) is 5. The Labute approximate surface area is 153 Å². The number of nitrogens with zero attached hydrogens (tertiary/aromatic N) is 4. The summed E-state index contributed by atoms with van der Waals surface area (Å²) in [6.07, 6.45) is 4.94. The lowest BCUT2D eigenvalue weighted by atomic mass is 10.0. The molecule has 2 aromatic rings. The lowest BCUT2D eigenvalue weighted by Crippen LogP contribution is -2.15. The topological polar surface area (TPSA) is 84.7 Å². The van der Waals surface area contributed by atoms with Crippen LogP contribution in [0.5, 0.6) is 0 Å². The normalized spacial score (nSPS) is 19.4. The number of tetrazole rings is 1. The van der Waals surface area contributed by atoms with Crippen molar-refractivity contribution in [3.63, 3.8) is 0 Å². The molecule has 2 N–H and O–H groups in total. The van der Waals surface area contributed by atoms with E-state index < -0.39 is 0 Å². The first-order chi connectivity index (χ1) is 11.8. The molecule has 2 fully saturated rings. The van der Waals surface area contributed by atoms with Crippen molar-refractivity contribution in [3.8, 4) is 11.4 Å². The first-order valence-electron chi connectivity index (χ1n) is 8.68. The van der Waals surface area contributed by atoms with Crippen LogP contribution in [0.3, 0.4) is 0 Å². The van der Waals surface area contributed by atoms with Gasteiger partial charge in [0.15, 0.2) is 5.82 Å². The molecule has 1 amide bonds. The van der Waals surface area contributed by atoms with Gasteiger partial charge in [0.2, 0.25) is 5.91 Å². The Balaban J connectivity index is 0.00000182. The number of carbonyl (C=O) groups excluding carboxylic acids is 1. The second-order valence-corrected chi connectivity index (χ2v) is 6.70. The lowest BCUT2D eigenvalue weighted by Gasteiger charge is -2.10. The van der Waals surface area contributed by atoms with Crippen molar-refractivity contribution in [1.82, 2.24) is 25.5 Å². The van der Waals surface area contributed by atoms with Crippen LogP contribution in [-0.4, -0.2) is 39.2 Å². The van der Waals surface area contributed by atoms with Crippen LogP contribution in [0.15, 0.2) is 24.3 Å². The monoisotopic (exact) mass is 362 g/mol. The zero-order valence-corrected chi connectivity index (χ0v) is 14.8. The van der Waals surface area contributed by atoms with E-state index in [2.05, 4.69) is 26.2 Å². The van der Waals surface area contributed by atoms with Gasteiger partial charge < -0.3 is 10.6 Å². The first-order valence-corrected chi connectivity index (χ1v) is 8.68. The molecule has 1 atom stereocenters. The third kappa shape index (κ3) is 4.35. The number of carbonyl (C=O) groups is 1. The minimum atomic E-state index is 0. The van der Waals surface area contributed by atoms with Crippen LogP contribution in [0.4, 0.5) is 5.69 Å². The third-order valence-corrected chi connectivity index (χ3v) is 4.73. The number of halogens is 1. The van der Waals surface area contributed by atoms with Crippen LogP contribution in [0.25, 0.3) is 11.4 Å². The molecular weight excluding hydrogens is 340 g/mol. The van der Waals surface area contributed by atoms with Gasteiger partial charge in [0.25, 0.3) is 0 Å². The van der Waals surface area contributed by atoms with Crippen molar-refractivity contribution < 1.29 is 4.79 Å². The zero-order chi connectivity index (χ0) is 16.4. The van der Waals surface area contributed by atoms with Crippen molar-refractivity contribution in [2.24, 2.45) is 5.92 Å². The maximum atomic E-state index is 12.2. The second kappa shape index (κ2) is 7.93. The van der Waals surface area contributed by atoms with Gasteiger partial charge in [-0.2, -0.15) is 0 Å². The van der Waals surface area contributed by atoms with Gasteiger partial charge in [0.1, 0.15) is 0 Å². The van der Waals surface area contributed by atoms with Crippen molar-refractivity contribution in [1.29, 1.82) is 0 Å². The molecule has 7 nitrogen and oxygen atoms in total. The third-order valence-electron chi connectivity index (χ3n) is 4.73. The summed E-state index contributed by atoms with van der Waals surface area (Å²) in [5.41, 5.74) is 1.73. The SMILES string of the molecule is Cl.O=C(CCC1CCNC1)Nc1cccc(-c2nnnn2C2CC2)c1. The molecule has 2 aliphatic rings. The summed E-state index contributed by atoms with van der Waals surface area (Å²) < 4.78 is 1.88. The number of hydrogen-bond donors (Lipinski definition) is 2. The summed E-state index contributed by atoms with van der Waals surface area (Å²) in [4.78, 5) is 12.2. The Morgan fingerprint density at radius 2 is 2.20 bits per heavy atom. The van der Waals surface area contributed by atoms with Crippen LogP contribution < -0.4 is 10.6 Å². The minimum absolute atomic E-state index is 0. The van der Waals surface area contributed by atoms with E-state index in [-0.39, 0.29) is 18.3 Å². The van der Waals surface area contributed by atoms with E-state index in [0.717, 1.165) is 49.4 Å². The Morgan fingerprint density at radius 1 is 1.32 bits per heavy atom. The van der Waals surface area contributed by atoms with Crippen LogP contribution >= 0.6 is 12.4 Å². The summed E-state index contributed by atoms with van der Waals surface area (Å²) in [6, 6.07) is 8.18. The smallest absolute Gasteiger partial charge is 0.224 e. The number of rotatable bonds is 6. The fraction of sp³-hybridized carbons (Fsp3) is 0.529. The number of nitrogens with one attached hydrogen (secondary N) is 2. The van der Waals surface area contributed by atoms with E-state index in [4.69, 9.17) is 0 Å². The first kappa shape index (κ1) is 17.8. The van der Waals surface area contributed by atoms with Crippen molar-refractivity contribution in [2.45, 2.75) is 38.1 Å². The van der Waals surface area contributed by atoms with Gasteiger partial charge in [-0.3, -0.25) is 4.79 Å². The molecule has 1 aliphatic heterocycles. The number of anilines is 1. The second-order valence-electron chi connectivity index (χ2n) is 6.70. The molecule has 1 saturated heterocycles. The Morgan fingerprint density at radius 3 is 2.96 bits per heavy atom. The maximum absolute atomic E-state index is 12.2. The summed E-state index contributed by atoms with van der Waals surface area (Å²) >= 11 is 0. The highest BCUT2D eigenvalue weighted by Crippen LogP contribution is 2.36. The fourth-order valence-corrected chi connectivity index (χ4v) is 3.20. The summed E-state index contributed by atoms with van der Waals surface area (Å²) in [7, 11) is 0. The Bertz CT molecular complexity index is 723. The largest absolute Gasteiger partial charge is 0.326 e. The molecule has 1 aromatic carbocycles. The van der Waals surface area contributed by atoms with Crippen molar-refractivity contribution in [2.75, 3.05) is 18.4 Å². The van der Waals surface area contributed by atoms with Crippen LogP contribution in [-0.2, 0) is 4.79 Å². The molecule has 1 aromatic heterocycles. The highest BCUT2D eigenvalue weighted by molar-refractivity contribution is 5.91. The van der Waals surface area contributed by atoms with E-state index in [9.17, 15) is 4.79 Å². The average molecular weight is 363 g/mol. The Kier molecular flexibility index (Phi) is 5.65. The Hall–Kier alpha value is -1.99. The number of amides is 1. The average Bonchev–Trinajstić information content (AvgIpc) is 3.11. The fourth-order valence-electron chi connectivity index (χ4n) is 3.20. The summed E-state index contributed by atoms with van der Waals surface area (Å²) in [5, 5.41) is 18.3. The van der Waals surface area contributed by atoms with Gasteiger partial charge in [-0.25, -0.2) is 4.68 Å². The van der Waals surface area contributed by atoms with E-state index in [0.29, 0.717) is 18.4 Å². The molecule has 0 spiro atoms. The van der Waals surface area contributed by atoms with E-state index in [1.165, 1.54) is 6.42 Å². The van der Waals surface area contributed by atoms with Crippen LogP contribution in [0, 0.1) is 5.92 Å². The van der Waals surface area contributed by atoms with E-state index >= 15 is 0 Å². The minimum Gasteiger partial charge on any atom is -0.326 e. The van der Waals surface area contributed by atoms with Crippen LogP contribution in [0.2, 0.25) is 0 Å². The van der Waals surface area contributed by atoms with Gasteiger partial charge in [-0.05, 0) is 67.3 Å².